The third-order valence-corrected chi connectivity index (χ3v) is 0.778. The van der Waals surface area contributed by atoms with E-state index in [4.69, 9.17) is 0 Å². The van der Waals surface area contributed by atoms with E-state index in [-0.39, 0.29) is 0 Å². The van der Waals surface area contributed by atoms with Gasteiger partial charge in [0.2, 0.25) is 6.08 Å². The van der Waals surface area contributed by atoms with E-state index in [1.807, 2.05) is 0 Å². The molecule has 2 nitrogen and oxygen atoms in total. The molecule has 0 radical (unpaired) electrons. The lowest BCUT2D eigenvalue weighted by molar-refractivity contribution is 0.564. The van der Waals surface area contributed by atoms with Crippen molar-refractivity contribution >= 4 is 28.5 Å². The summed E-state index contributed by atoms with van der Waals surface area (Å²) in [7, 11) is 1.19. The molecule has 0 rings (SSSR count). The molecule has 0 aromatic carbocycles. The van der Waals surface area contributed by atoms with Crippen molar-refractivity contribution in [2.45, 2.75) is 0 Å². The van der Waals surface area contributed by atoms with E-state index >= 15 is 0 Å². The van der Waals surface area contributed by atoms with E-state index in [9.17, 15) is 4.79 Å². The molecule has 0 aliphatic heterocycles. The average Bonchev–Trinajstić information content (AvgIpc) is 1.61. The molecule has 0 atom stereocenters. The Balaban J connectivity index is 2.86. The molecule has 0 N–H and O–H groups in total. The predicted molar refractivity (Wildman–Crippen MR) is 29.6 cm³/mol. The average molecular weight is 121 g/mol. The van der Waals surface area contributed by atoms with Gasteiger partial charge < -0.3 is 0 Å². The van der Waals surface area contributed by atoms with Crippen molar-refractivity contribution in [3.05, 3.63) is 0 Å². The lowest BCUT2D eigenvalue weighted by Crippen LogP contribution is -1.58. The number of thiol groups is 1. The molecule has 0 aromatic heterocycles. The van der Waals surface area contributed by atoms with E-state index in [1.54, 1.807) is 0 Å². The van der Waals surface area contributed by atoms with Crippen LogP contribution in [0.4, 0.5) is 0 Å². The first kappa shape index (κ1) is 6.08. The summed E-state index contributed by atoms with van der Waals surface area (Å²) in [6, 6.07) is 0. The minimum absolute atomic E-state index is 0.395. The quantitative estimate of drug-likeness (QED) is 0.254. The van der Waals surface area contributed by atoms with Gasteiger partial charge in [0.05, 0.1) is 0 Å². The molecule has 0 aliphatic rings. The number of hydrogen-bond acceptors (Lipinski definition) is 4. The van der Waals surface area contributed by atoms with E-state index in [0.29, 0.717) is 5.88 Å². The standard InChI is InChI=1S/C2H3NOS2/c4-1-3-2-6-5/h5H,2H2. The van der Waals surface area contributed by atoms with Gasteiger partial charge in [0.15, 0.2) is 0 Å². The van der Waals surface area contributed by atoms with Gasteiger partial charge in [-0.05, 0) is 0 Å². The van der Waals surface area contributed by atoms with Crippen LogP contribution < -0.4 is 0 Å². The molecule has 6 heavy (non-hydrogen) atoms. The van der Waals surface area contributed by atoms with Crippen LogP contribution in [-0.2, 0) is 4.79 Å². The summed E-state index contributed by atoms with van der Waals surface area (Å²) in [5.41, 5.74) is 0. The minimum Gasteiger partial charge on any atom is -0.211 e. The highest BCUT2D eigenvalue weighted by Crippen LogP contribution is 2.01. The molecular weight excluding hydrogens is 118 g/mol. The Hall–Kier alpha value is 0.0800. The first-order valence-corrected chi connectivity index (χ1v) is 3.25. The van der Waals surface area contributed by atoms with E-state index in [1.165, 1.54) is 16.9 Å². The number of nitrogens with zero attached hydrogens (tertiary/aromatic N) is 1. The minimum atomic E-state index is 0.395. The number of rotatable bonds is 2. The second-order valence-electron chi connectivity index (χ2n) is 0.508. The van der Waals surface area contributed by atoms with Crippen molar-refractivity contribution < 1.29 is 4.79 Å². The van der Waals surface area contributed by atoms with Crippen LogP contribution in [0.15, 0.2) is 4.99 Å². The van der Waals surface area contributed by atoms with Crippen LogP contribution in [0.3, 0.4) is 0 Å². The van der Waals surface area contributed by atoms with Crippen LogP contribution in [0.1, 0.15) is 0 Å². The Kier molecular flexibility index (Phi) is 5.15. The van der Waals surface area contributed by atoms with Crippen LogP contribution in [-0.4, -0.2) is 12.0 Å². The molecule has 0 aromatic rings. The van der Waals surface area contributed by atoms with Gasteiger partial charge in [-0.2, -0.15) is 4.99 Å². The predicted octanol–water partition coefficient (Wildman–Crippen LogP) is 0.858. The van der Waals surface area contributed by atoms with Crippen molar-refractivity contribution in [3.8, 4) is 0 Å². The summed E-state index contributed by atoms with van der Waals surface area (Å²) in [6.07, 6.45) is 1.37. The highest BCUT2D eigenvalue weighted by atomic mass is 33.1. The molecule has 0 amide bonds. The maximum Gasteiger partial charge on any atom is 0.235 e. The molecule has 0 heterocycles. The summed E-state index contributed by atoms with van der Waals surface area (Å²) in [5.74, 6) is 0.395. The van der Waals surface area contributed by atoms with Crippen LogP contribution in [0.2, 0.25) is 0 Å². The lowest BCUT2D eigenvalue weighted by atomic mass is 11.4. The van der Waals surface area contributed by atoms with Crippen LogP contribution in [0.5, 0.6) is 0 Å². The van der Waals surface area contributed by atoms with Crippen LogP contribution in [0.25, 0.3) is 0 Å². The van der Waals surface area contributed by atoms with E-state index in [0.717, 1.165) is 0 Å². The second-order valence-corrected chi connectivity index (χ2v) is 1.80. The third-order valence-electron chi connectivity index (χ3n) is 0.187. The van der Waals surface area contributed by atoms with Gasteiger partial charge in [0, 0.05) is 0 Å². The molecule has 0 saturated heterocycles. The number of carbonyl (C=O) groups excluding carboxylic acids is 1. The van der Waals surface area contributed by atoms with Crippen LogP contribution in [0, 0.1) is 0 Å². The summed E-state index contributed by atoms with van der Waals surface area (Å²) >= 11 is 3.70. The van der Waals surface area contributed by atoms with Gasteiger partial charge in [0.1, 0.15) is 5.88 Å². The highest BCUT2D eigenvalue weighted by Gasteiger charge is 1.66. The molecule has 34 valence electrons. The zero-order chi connectivity index (χ0) is 4.83. The second kappa shape index (κ2) is 5.08. The number of hydrogen-bond donors (Lipinski definition) is 1. The third kappa shape index (κ3) is 4.08. The van der Waals surface area contributed by atoms with Crippen molar-refractivity contribution in [3.63, 3.8) is 0 Å². The van der Waals surface area contributed by atoms with Crippen molar-refractivity contribution in [1.82, 2.24) is 0 Å². The van der Waals surface area contributed by atoms with Gasteiger partial charge >= 0.3 is 0 Å². The summed E-state index contributed by atoms with van der Waals surface area (Å²) in [6.45, 7) is 0. The van der Waals surface area contributed by atoms with E-state index < -0.39 is 0 Å². The van der Waals surface area contributed by atoms with Crippen molar-refractivity contribution in [2.75, 3.05) is 5.88 Å². The Morgan fingerprint density at radius 3 is 2.83 bits per heavy atom. The molecule has 0 bridgehead atoms. The molecule has 0 aliphatic carbocycles. The summed E-state index contributed by atoms with van der Waals surface area (Å²) < 4.78 is 0. The van der Waals surface area contributed by atoms with Gasteiger partial charge in [-0.3, -0.25) is 0 Å². The normalized spacial score (nSPS) is 6.83. The lowest BCUT2D eigenvalue weighted by Gasteiger charge is -1.71. The van der Waals surface area contributed by atoms with Crippen LogP contribution >= 0.6 is 22.5 Å². The molecule has 0 saturated carbocycles. The van der Waals surface area contributed by atoms with Gasteiger partial charge in [-0.1, -0.05) is 10.8 Å². The Bertz CT molecular complexity index is 67.9. The van der Waals surface area contributed by atoms with Crippen molar-refractivity contribution in [2.24, 2.45) is 4.99 Å². The smallest absolute Gasteiger partial charge is 0.211 e. The first-order valence-electron chi connectivity index (χ1n) is 1.22. The summed E-state index contributed by atoms with van der Waals surface area (Å²) in [4.78, 5) is 12.4. The maximum absolute atomic E-state index is 9.22. The number of aliphatic imine (C=N–C) groups is 1. The largest absolute Gasteiger partial charge is 0.235 e. The van der Waals surface area contributed by atoms with Gasteiger partial charge in [0.25, 0.3) is 0 Å². The Morgan fingerprint density at radius 1 is 2.00 bits per heavy atom. The maximum atomic E-state index is 9.22. The zero-order valence-corrected chi connectivity index (χ0v) is 4.63. The molecule has 0 fully saturated rings. The van der Waals surface area contributed by atoms with Gasteiger partial charge in [-0.25, -0.2) is 4.79 Å². The topological polar surface area (TPSA) is 29.4 Å². The molecule has 0 spiro atoms. The van der Waals surface area contributed by atoms with Crippen molar-refractivity contribution in [1.29, 1.82) is 0 Å². The molecule has 0 unspecified atom stereocenters. The summed E-state index contributed by atoms with van der Waals surface area (Å²) in [5, 5.41) is 0. The Labute approximate surface area is 44.8 Å². The van der Waals surface area contributed by atoms with Gasteiger partial charge in [-0.15, -0.1) is 11.7 Å². The first-order chi connectivity index (χ1) is 2.91. The monoisotopic (exact) mass is 121 g/mol. The SMILES string of the molecule is O=C=NCSS. The zero-order valence-electron chi connectivity index (χ0n) is 2.92. The number of isocyanates is 1. The van der Waals surface area contributed by atoms with E-state index in [2.05, 4.69) is 16.7 Å². The molecular formula is C2H3NOS2. The highest BCUT2D eigenvalue weighted by molar-refractivity contribution is 8.68. The fourth-order valence-corrected chi connectivity index (χ4v) is 0.339. The fourth-order valence-electron chi connectivity index (χ4n) is 0.0552. The fraction of sp³-hybridized carbons (Fsp3) is 0.500. The Morgan fingerprint density at radius 2 is 2.67 bits per heavy atom. The molecule has 4 heteroatoms.